The number of amides is 2. The van der Waals surface area contributed by atoms with Gasteiger partial charge >= 0.3 is 0 Å². The highest BCUT2D eigenvalue weighted by molar-refractivity contribution is 5.87. The second kappa shape index (κ2) is 12.2. The van der Waals surface area contributed by atoms with E-state index >= 15 is 0 Å². The summed E-state index contributed by atoms with van der Waals surface area (Å²) in [7, 11) is 0. The van der Waals surface area contributed by atoms with Crippen molar-refractivity contribution < 1.29 is 9.59 Å². The molecule has 0 bridgehead atoms. The lowest BCUT2D eigenvalue weighted by molar-refractivity contribution is -0.140. The van der Waals surface area contributed by atoms with Gasteiger partial charge in [-0.2, -0.15) is 0 Å². The fraction of sp³-hybridized carbons (Fsp3) is 0.333. The molecule has 3 aromatic rings. The van der Waals surface area contributed by atoms with E-state index in [4.69, 9.17) is 0 Å². The zero-order valence-electron chi connectivity index (χ0n) is 20.7. The van der Waals surface area contributed by atoms with Gasteiger partial charge in [0, 0.05) is 25.4 Å². The second-order valence-electron chi connectivity index (χ2n) is 9.40. The molecule has 2 amide bonds. The Balaban J connectivity index is 1.88. The molecule has 0 spiro atoms. The van der Waals surface area contributed by atoms with E-state index in [2.05, 4.69) is 43.4 Å². The summed E-state index contributed by atoms with van der Waals surface area (Å²) in [6.07, 6.45) is 0.293. The molecule has 0 aliphatic carbocycles. The maximum atomic E-state index is 13.8. The highest BCUT2D eigenvalue weighted by Gasteiger charge is 2.29. The zero-order chi connectivity index (χ0) is 24.5. The van der Waals surface area contributed by atoms with Crippen molar-refractivity contribution in [1.82, 2.24) is 10.2 Å². The fourth-order valence-electron chi connectivity index (χ4n) is 4.02. The van der Waals surface area contributed by atoms with E-state index < -0.39 is 6.04 Å². The Hall–Kier alpha value is -3.40. The van der Waals surface area contributed by atoms with Crippen LogP contribution < -0.4 is 5.32 Å². The minimum Gasteiger partial charge on any atom is -0.354 e. The lowest BCUT2D eigenvalue weighted by atomic mass is 9.88. The third-order valence-corrected chi connectivity index (χ3v) is 6.11. The Labute approximate surface area is 204 Å². The van der Waals surface area contributed by atoms with Crippen LogP contribution in [0.25, 0.3) is 0 Å². The molecule has 0 aliphatic heterocycles. The van der Waals surface area contributed by atoms with Gasteiger partial charge in [-0.05, 0) is 36.5 Å². The van der Waals surface area contributed by atoms with Gasteiger partial charge < -0.3 is 10.2 Å². The maximum absolute atomic E-state index is 13.8. The molecule has 0 aromatic heterocycles. The van der Waals surface area contributed by atoms with Crippen LogP contribution in [0.3, 0.4) is 0 Å². The Kier molecular flexibility index (Phi) is 9.03. The summed E-state index contributed by atoms with van der Waals surface area (Å²) in [6.45, 7) is 8.97. The topological polar surface area (TPSA) is 49.4 Å². The van der Waals surface area contributed by atoms with Crippen LogP contribution >= 0.6 is 0 Å². The molecular formula is C30H36N2O2. The van der Waals surface area contributed by atoms with Crippen molar-refractivity contribution in [2.24, 2.45) is 5.92 Å². The molecule has 1 atom stereocenters. The molecule has 4 heteroatoms. The number of hydrogen-bond acceptors (Lipinski definition) is 2. The normalized spacial score (nSPS) is 11.9. The van der Waals surface area contributed by atoms with Crippen molar-refractivity contribution >= 4 is 11.8 Å². The molecule has 3 rings (SSSR count). The van der Waals surface area contributed by atoms with Crippen molar-refractivity contribution in [2.45, 2.75) is 52.6 Å². The van der Waals surface area contributed by atoms with E-state index in [1.807, 2.05) is 74.5 Å². The first-order valence-corrected chi connectivity index (χ1v) is 12.1. The summed E-state index contributed by atoms with van der Waals surface area (Å²) in [6, 6.07) is 27.8. The predicted octanol–water partition coefficient (Wildman–Crippen LogP) is 5.71. The quantitative estimate of drug-likeness (QED) is 0.425. The van der Waals surface area contributed by atoms with Gasteiger partial charge in [-0.15, -0.1) is 0 Å². The van der Waals surface area contributed by atoms with Gasteiger partial charge in [0.2, 0.25) is 11.8 Å². The molecule has 4 nitrogen and oxygen atoms in total. The number of hydrogen-bond donors (Lipinski definition) is 1. The molecule has 0 saturated carbocycles. The summed E-state index contributed by atoms with van der Waals surface area (Å²) in [4.78, 5) is 28.5. The molecule has 34 heavy (non-hydrogen) atoms. The fourth-order valence-corrected chi connectivity index (χ4v) is 4.02. The SMILES string of the molecule is Cc1ccc(CN(C(=O)CC(c2ccccc2)c2ccccc2)[C@H](C)C(=O)NCC(C)C)cc1. The van der Waals surface area contributed by atoms with Gasteiger partial charge in [-0.3, -0.25) is 9.59 Å². The highest BCUT2D eigenvalue weighted by atomic mass is 16.2. The van der Waals surface area contributed by atoms with E-state index in [1.165, 1.54) is 0 Å². The monoisotopic (exact) mass is 456 g/mol. The van der Waals surface area contributed by atoms with Crippen LogP contribution in [0, 0.1) is 12.8 Å². The number of nitrogens with one attached hydrogen (secondary N) is 1. The van der Waals surface area contributed by atoms with Crippen LogP contribution in [-0.4, -0.2) is 29.3 Å². The minimum absolute atomic E-state index is 0.0366. The van der Waals surface area contributed by atoms with Gasteiger partial charge in [0.25, 0.3) is 0 Å². The first-order chi connectivity index (χ1) is 16.3. The van der Waals surface area contributed by atoms with Crippen LogP contribution in [0.2, 0.25) is 0 Å². The molecule has 0 heterocycles. The number of benzene rings is 3. The standard InChI is InChI=1S/C30H36N2O2/c1-22(2)20-31-30(34)24(4)32(21-25-17-15-23(3)16-18-25)29(33)19-28(26-11-7-5-8-12-26)27-13-9-6-10-14-27/h5-18,22,24,28H,19-21H2,1-4H3,(H,31,34)/t24-/m1/s1. The third-order valence-electron chi connectivity index (χ3n) is 6.11. The maximum Gasteiger partial charge on any atom is 0.242 e. The van der Waals surface area contributed by atoms with Crippen LogP contribution in [0.1, 0.15) is 55.4 Å². The number of nitrogens with zero attached hydrogens (tertiary/aromatic N) is 1. The molecule has 1 N–H and O–H groups in total. The Bertz CT molecular complexity index is 1010. The Morgan fingerprint density at radius 1 is 0.794 bits per heavy atom. The smallest absolute Gasteiger partial charge is 0.242 e. The summed E-state index contributed by atoms with van der Waals surface area (Å²) >= 11 is 0. The van der Waals surface area contributed by atoms with Crippen molar-refractivity contribution in [1.29, 1.82) is 0 Å². The summed E-state index contributed by atoms with van der Waals surface area (Å²) < 4.78 is 0. The van der Waals surface area contributed by atoms with Crippen LogP contribution in [-0.2, 0) is 16.1 Å². The minimum atomic E-state index is -0.570. The van der Waals surface area contributed by atoms with E-state index in [9.17, 15) is 9.59 Å². The van der Waals surface area contributed by atoms with E-state index in [1.54, 1.807) is 4.90 Å². The first-order valence-electron chi connectivity index (χ1n) is 12.1. The van der Waals surface area contributed by atoms with E-state index in [-0.39, 0.29) is 17.7 Å². The molecule has 0 radical (unpaired) electrons. The second-order valence-corrected chi connectivity index (χ2v) is 9.40. The van der Waals surface area contributed by atoms with Gasteiger partial charge in [-0.1, -0.05) is 104 Å². The lowest BCUT2D eigenvalue weighted by Crippen LogP contribution is -2.48. The van der Waals surface area contributed by atoms with Crippen molar-refractivity contribution in [2.75, 3.05) is 6.54 Å². The molecule has 178 valence electrons. The number of rotatable bonds is 10. The van der Waals surface area contributed by atoms with Crippen LogP contribution in [0.15, 0.2) is 84.9 Å². The molecule has 0 aliphatic rings. The van der Waals surface area contributed by atoms with Gasteiger partial charge in [-0.25, -0.2) is 0 Å². The average molecular weight is 457 g/mol. The van der Waals surface area contributed by atoms with Gasteiger partial charge in [0.05, 0.1) is 0 Å². The van der Waals surface area contributed by atoms with Gasteiger partial charge in [0.15, 0.2) is 0 Å². The van der Waals surface area contributed by atoms with Gasteiger partial charge in [0.1, 0.15) is 6.04 Å². The summed E-state index contributed by atoms with van der Waals surface area (Å²) in [5.41, 5.74) is 4.36. The summed E-state index contributed by atoms with van der Waals surface area (Å²) in [5, 5.41) is 3.00. The predicted molar refractivity (Wildman–Crippen MR) is 138 cm³/mol. The highest BCUT2D eigenvalue weighted by Crippen LogP contribution is 2.29. The summed E-state index contributed by atoms with van der Waals surface area (Å²) in [5.74, 6) is 0.106. The molecule has 0 saturated heterocycles. The van der Waals surface area contributed by atoms with E-state index in [0.29, 0.717) is 25.4 Å². The molecule has 0 fully saturated rings. The van der Waals surface area contributed by atoms with Crippen molar-refractivity contribution in [3.63, 3.8) is 0 Å². The molecule has 3 aromatic carbocycles. The lowest BCUT2D eigenvalue weighted by Gasteiger charge is -2.31. The van der Waals surface area contributed by atoms with Crippen LogP contribution in [0.5, 0.6) is 0 Å². The van der Waals surface area contributed by atoms with Crippen LogP contribution in [0.4, 0.5) is 0 Å². The largest absolute Gasteiger partial charge is 0.354 e. The number of carbonyl (C=O) groups is 2. The average Bonchev–Trinajstić information content (AvgIpc) is 2.86. The van der Waals surface area contributed by atoms with Crippen molar-refractivity contribution in [3.8, 4) is 0 Å². The Morgan fingerprint density at radius 3 is 1.82 bits per heavy atom. The van der Waals surface area contributed by atoms with E-state index in [0.717, 1.165) is 22.3 Å². The molecule has 0 unspecified atom stereocenters. The third kappa shape index (κ3) is 7.05. The molecular weight excluding hydrogens is 420 g/mol. The Morgan fingerprint density at radius 2 is 1.32 bits per heavy atom. The van der Waals surface area contributed by atoms with Crippen molar-refractivity contribution in [3.05, 3.63) is 107 Å². The zero-order valence-corrected chi connectivity index (χ0v) is 20.7. The first kappa shape index (κ1) is 25.2. The number of carbonyl (C=O) groups excluding carboxylic acids is 2. The number of aryl methyl sites for hydroxylation is 1.